The number of hydrogen-bond acceptors (Lipinski definition) is 5. The number of nitrogens with zero attached hydrogens (tertiary/aromatic N) is 3. The largest absolute Gasteiger partial charge is 0.489 e. The number of piperidine rings is 1. The molecule has 1 aliphatic heterocycles. The Morgan fingerprint density at radius 3 is 2.96 bits per heavy atom. The van der Waals surface area contributed by atoms with Gasteiger partial charge in [-0.15, -0.1) is 11.3 Å². The SMILES string of the molecule is c1cncc(OC2CCN(Cc3ccc4scnc4c3)CC2)c1. The molecule has 5 heteroatoms. The molecule has 118 valence electrons. The van der Waals surface area contributed by atoms with Gasteiger partial charge in [-0.3, -0.25) is 9.88 Å². The third-order valence-electron chi connectivity index (χ3n) is 4.27. The van der Waals surface area contributed by atoms with Crippen molar-refractivity contribution in [3.05, 3.63) is 53.8 Å². The summed E-state index contributed by atoms with van der Waals surface area (Å²) < 4.78 is 7.26. The zero-order valence-corrected chi connectivity index (χ0v) is 13.7. The van der Waals surface area contributed by atoms with Crippen molar-refractivity contribution in [2.45, 2.75) is 25.5 Å². The summed E-state index contributed by atoms with van der Waals surface area (Å²) in [6, 6.07) is 10.5. The summed E-state index contributed by atoms with van der Waals surface area (Å²) in [5.74, 6) is 0.875. The molecule has 0 saturated carbocycles. The molecule has 0 atom stereocenters. The van der Waals surface area contributed by atoms with Crippen LogP contribution < -0.4 is 4.74 Å². The number of rotatable bonds is 4. The number of likely N-dealkylation sites (tertiary alicyclic amines) is 1. The molecule has 1 aliphatic rings. The van der Waals surface area contributed by atoms with Gasteiger partial charge in [0.2, 0.25) is 0 Å². The Kier molecular flexibility index (Phi) is 4.22. The molecule has 23 heavy (non-hydrogen) atoms. The second kappa shape index (κ2) is 6.64. The zero-order valence-electron chi connectivity index (χ0n) is 12.9. The van der Waals surface area contributed by atoms with Crippen LogP contribution in [0.1, 0.15) is 18.4 Å². The van der Waals surface area contributed by atoms with E-state index in [2.05, 4.69) is 33.1 Å². The summed E-state index contributed by atoms with van der Waals surface area (Å²) in [7, 11) is 0. The molecule has 3 heterocycles. The maximum atomic E-state index is 6.00. The minimum atomic E-state index is 0.302. The average Bonchev–Trinajstić information content (AvgIpc) is 3.05. The number of fused-ring (bicyclic) bond motifs is 1. The number of ether oxygens (including phenoxy) is 1. The molecule has 0 radical (unpaired) electrons. The van der Waals surface area contributed by atoms with Crippen molar-refractivity contribution in [1.29, 1.82) is 0 Å². The third-order valence-corrected chi connectivity index (χ3v) is 5.08. The smallest absolute Gasteiger partial charge is 0.137 e. The summed E-state index contributed by atoms with van der Waals surface area (Å²) in [5.41, 5.74) is 4.37. The first-order valence-electron chi connectivity index (χ1n) is 7.98. The van der Waals surface area contributed by atoms with Crippen LogP contribution in [0.5, 0.6) is 5.75 Å². The molecule has 3 aromatic rings. The van der Waals surface area contributed by atoms with Crippen LogP contribution in [0.15, 0.2) is 48.2 Å². The van der Waals surface area contributed by atoms with Crippen molar-refractivity contribution in [1.82, 2.24) is 14.9 Å². The Bertz CT molecular complexity index is 766. The highest BCUT2D eigenvalue weighted by molar-refractivity contribution is 7.16. The fraction of sp³-hybridized carbons (Fsp3) is 0.333. The molecule has 0 bridgehead atoms. The lowest BCUT2D eigenvalue weighted by atomic mass is 10.1. The van der Waals surface area contributed by atoms with Crippen molar-refractivity contribution in [2.75, 3.05) is 13.1 Å². The van der Waals surface area contributed by atoms with Crippen molar-refractivity contribution in [2.24, 2.45) is 0 Å². The van der Waals surface area contributed by atoms with Gasteiger partial charge < -0.3 is 4.74 Å². The van der Waals surface area contributed by atoms with Gasteiger partial charge in [-0.25, -0.2) is 4.98 Å². The highest BCUT2D eigenvalue weighted by Crippen LogP contribution is 2.22. The van der Waals surface area contributed by atoms with Crippen LogP contribution in [0.3, 0.4) is 0 Å². The van der Waals surface area contributed by atoms with Gasteiger partial charge in [-0.05, 0) is 42.7 Å². The number of benzene rings is 1. The third kappa shape index (κ3) is 3.51. The summed E-state index contributed by atoms with van der Waals surface area (Å²) >= 11 is 1.70. The van der Waals surface area contributed by atoms with Gasteiger partial charge in [-0.1, -0.05) is 6.07 Å². The van der Waals surface area contributed by atoms with Crippen molar-refractivity contribution >= 4 is 21.6 Å². The molecule has 0 spiro atoms. The topological polar surface area (TPSA) is 38.2 Å². The van der Waals surface area contributed by atoms with E-state index in [1.165, 1.54) is 10.3 Å². The first kappa shape index (κ1) is 14.6. The van der Waals surface area contributed by atoms with E-state index in [0.29, 0.717) is 6.10 Å². The van der Waals surface area contributed by atoms with Gasteiger partial charge in [0.25, 0.3) is 0 Å². The van der Waals surface area contributed by atoms with Gasteiger partial charge in [0, 0.05) is 25.8 Å². The molecule has 2 aromatic heterocycles. The standard InChI is InChI=1S/C18H19N3OS/c1-2-16(11-19-7-1)22-15-5-8-21(9-6-15)12-14-3-4-18-17(10-14)20-13-23-18/h1-4,7,10-11,13,15H,5-6,8-9,12H2. The molecule has 0 unspecified atom stereocenters. The fourth-order valence-corrected chi connectivity index (χ4v) is 3.71. The Hall–Kier alpha value is -1.98. The summed E-state index contributed by atoms with van der Waals surface area (Å²) in [6.07, 6.45) is 5.99. The quantitative estimate of drug-likeness (QED) is 0.732. The van der Waals surface area contributed by atoms with Gasteiger partial charge >= 0.3 is 0 Å². The Labute approximate surface area is 139 Å². The first-order valence-corrected chi connectivity index (χ1v) is 8.86. The summed E-state index contributed by atoms with van der Waals surface area (Å²) in [4.78, 5) is 11.0. The first-order chi connectivity index (χ1) is 11.4. The van der Waals surface area contributed by atoms with Crippen LogP contribution in [0.2, 0.25) is 0 Å². The summed E-state index contributed by atoms with van der Waals surface area (Å²) in [5, 5.41) is 0. The lowest BCUT2D eigenvalue weighted by molar-refractivity contribution is 0.0965. The Morgan fingerprint density at radius 1 is 1.22 bits per heavy atom. The monoisotopic (exact) mass is 325 g/mol. The molecule has 1 aromatic carbocycles. The molecular weight excluding hydrogens is 306 g/mol. The normalized spacial score (nSPS) is 16.7. The van der Waals surface area contributed by atoms with E-state index >= 15 is 0 Å². The highest BCUT2D eigenvalue weighted by Gasteiger charge is 2.20. The van der Waals surface area contributed by atoms with Crippen LogP contribution in [0.25, 0.3) is 10.2 Å². The van der Waals surface area contributed by atoms with E-state index in [-0.39, 0.29) is 0 Å². The number of aromatic nitrogens is 2. The van der Waals surface area contributed by atoms with Gasteiger partial charge in [0.05, 0.1) is 21.9 Å². The number of pyridine rings is 1. The Morgan fingerprint density at radius 2 is 2.13 bits per heavy atom. The van der Waals surface area contributed by atoms with Crippen LogP contribution in [0, 0.1) is 0 Å². The number of hydrogen-bond donors (Lipinski definition) is 0. The van der Waals surface area contributed by atoms with E-state index in [0.717, 1.165) is 43.7 Å². The lowest BCUT2D eigenvalue weighted by Gasteiger charge is -2.32. The molecule has 4 rings (SSSR count). The van der Waals surface area contributed by atoms with Crippen molar-refractivity contribution in [3.63, 3.8) is 0 Å². The average molecular weight is 325 g/mol. The molecule has 0 amide bonds. The predicted octanol–water partition coefficient (Wildman–Crippen LogP) is 3.73. The van der Waals surface area contributed by atoms with Crippen LogP contribution in [-0.2, 0) is 6.54 Å². The summed E-state index contributed by atoms with van der Waals surface area (Å²) in [6.45, 7) is 3.13. The Balaban J connectivity index is 1.32. The van der Waals surface area contributed by atoms with Gasteiger partial charge in [0.1, 0.15) is 11.9 Å². The van der Waals surface area contributed by atoms with Gasteiger partial charge in [-0.2, -0.15) is 0 Å². The van der Waals surface area contributed by atoms with Crippen molar-refractivity contribution < 1.29 is 4.74 Å². The molecular formula is C18H19N3OS. The van der Waals surface area contributed by atoms with E-state index in [1.54, 1.807) is 23.7 Å². The molecule has 1 fully saturated rings. The molecule has 0 aliphatic carbocycles. The molecule has 1 saturated heterocycles. The second-order valence-corrected chi connectivity index (χ2v) is 6.82. The fourth-order valence-electron chi connectivity index (χ4n) is 3.05. The molecule has 0 N–H and O–H groups in total. The maximum Gasteiger partial charge on any atom is 0.137 e. The number of thiazole rings is 1. The maximum absolute atomic E-state index is 6.00. The van der Waals surface area contributed by atoms with E-state index in [1.807, 2.05) is 17.6 Å². The minimum Gasteiger partial charge on any atom is -0.489 e. The van der Waals surface area contributed by atoms with Crippen LogP contribution >= 0.6 is 11.3 Å². The lowest BCUT2D eigenvalue weighted by Crippen LogP contribution is -2.37. The minimum absolute atomic E-state index is 0.302. The van der Waals surface area contributed by atoms with E-state index in [9.17, 15) is 0 Å². The second-order valence-electron chi connectivity index (χ2n) is 5.94. The van der Waals surface area contributed by atoms with Gasteiger partial charge in [0.15, 0.2) is 0 Å². The highest BCUT2D eigenvalue weighted by atomic mass is 32.1. The molecule has 4 nitrogen and oxygen atoms in total. The predicted molar refractivity (Wildman–Crippen MR) is 92.8 cm³/mol. The van der Waals surface area contributed by atoms with Crippen molar-refractivity contribution in [3.8, 4) is 5.75 Å². The van der Waals surface area contributed by atoms with E-state index < -0.39 is 0 Å². The zero-order chi connectivity index (χ0) is 15.5. The van der Waals surface area contributed by atoms with Crippen LogP contribution in [-0.4, -0.2) is 34.1 Å². The van der Waals surface area contributed by atoms with E-state index in [4.69, 9.17) is 4.74 Å². The van der Waals surface area contributed by atoms with Crippen LogP contribution in [0.4, 0.5) is 0 Å².